The molecule has 0 fully saturated rings. The Bertz CT molecular complexity index is 422. The number of primary amides is 1. The van der Waals surface area contributed by atoms with Gasteiger partial charge >= 0.3 is 6.03 Å². The van der Waals surface area contributed by atoms with Gasteiger partial charge in [0.05, 0.1) is 0 Å². The molecule has 1 aliphatic heterocycles. The number of rotatable bonds is 3. The number of benzene rings is 1. The summed E-state index contributed by atoms with van der Waals surface area (Å²) in [5.41, 5.74) is 11.4. The molecule has 0 bridgehead atoms. The lowest BCUT2D eigenvalue weighted by molar-refractivity contribution is 0.171. The van der Waals surface area contributed by atoms with Crippen LogP contribution in [-0.4, -0.2) is 32.3 Å². The van der Waals surface area contributed by atoms with Gasteiger partial charge in [-0.1, -0.05) is 0 Å². The second-order valence-electron chi connectivity index (χ2n) is 3.61. The Balaban J connectivity index is 2.28. The molecule has 4 N–H and O–H groups in total. The maximum atomic E-state index is 11.3. The van der Waals surface area contributed by atoms with Crippen LogP contribution in [0, 0.1) is 0 Å². The molecule has 1 aliphatic rings. The number of fused-ring (bicyclic) bond motifs is 1. The van der Waals surface area contributed by atoms with Crippen molar-refractivity contribution in [3.05, 3.63) is 18.2 Å². The first-order chi connectivity index (χ1) is 8.22. The Hall–Kier alpha value is -1.95. The number of hydrogen-bond donors (Lipinski definition) is 2. The summed E-state index contributed by atoms with van der Waals surface area (Å²) in [5.74, 6) is 1.30. The van der Waals surface area contributed by atoms with Crippen molar-refractivity contribution in [3.63, 3.8) is 0 Å². The zero-order valence-corrected chi connectivity index (χ0v) is 9.39. The van der Waals surface area contributed by atoms with Gasteiger partial charge in [-0.15, -0.1) is 0 Å². The summed E-state index contributed by atoms with van der Waals surface area (Å²) in [6, 6.07) is 4.71. The number of nitrogens with two attached hydrogens (primary N) is 2. The number of ether oxygens (including phenoxy) is 2. The van der Waals surface area contributed by atoms with Crippen molar-refractivity contribution in [1.82, 2.24) is 0 Å². The van der Waals surface area contributed by atoms with Crippen LogP contribution in [0.2, 0.25) is 0 Å². The van der Waals surface area contributed by atoms with Crippen molar-refractivity contribution < 1.29 is 14.3 Å². The Kier molecular flexibility index (Phi) is 3.34. The maximum Gasteiger partial charge on any atom is 0.319 e. The van der Waals surface area contributed by atoms with Crippen molar-refractivity contribution in [1.29, 1.82) is 0 Å². The summed E-state index contributed by atoms with van der Waals surface area (Å²) in [7, 11) is 0. The quantitative estimate of drug-likeness (QED) is 0.791. The van der Waals surface area contributed by atoms with Gasteiger partial charge in [0.15, 0.2) is 11.5 Å². The summed E-state index contributed by atoms with van der Waals surface area (Å²) in [6.45, 7) is 1.75. The number of nitrogens with zero attached hydrogens (tertiary/aromatic N) is 1. The van der Waals surface area contributed by atoms with E-state index in [4.69, 9.17) is 20.9 Å². The standard InChI is InChI=1S/C11H15N3O3/c12-3-4-14(11(13)15)8-1-2-9-10(7-8)17-6-5-16-9/h1-2,7H,3-6,12H2,(H2,13,15). The molecule has 0 aromatic heterocycles. The zero-order valence-electron chi connectivity index (χ0n) is 9.39. The van der Waals surface area contributed by atoms with Gasteiger partial charge in [-0.05, 0) is 12.1 Å². The maximum absolute atomic E-state index is 11.3. The van der Waals surface area contributed by atoms with Gasteiger partial charge in [0.2, 0.25) is 0 Å². The fourth-order valence-electron chi connectivity index (χ4n) is 1.70. The fourth-order valence-corrected chi connectivity index (χ4v) is 1.70. The van der Waals surface area contributed by atoms with Gasteiger partial charge in [-0.3, -0.25) is 4.90 Å². The van der Waals surface area contributed by atoms with Crippen molar-refractivity contribution >= 4 is 11.7 Å². The Morgan fingerprint density at radius 2 is 2.00 bits per heavy atom. The molecule has 1 aromatic rings. The van der Waals surface area contributed by atoms with Gasteiger partial charge in [-0.2, -0.15) is 0 Å². The molecule has 0 aliphatic carbocycles. The van der Waals surface area contributed by atoms with E-state index in [1.165, 1.54) is 4.90 Å². The smallest absolute Gasteiger partial charge is 0.319 e. The van der Waals surface area contributed by atoms with Crippen LogP contribution in [0.5, 0.6) is 11.5 Å². The fraction of sp³-hybridized carbons (Fsp3) is 0.364. The van der Waals surface area contributed by atoms with E-state index in [-0.39, 0.29) is 0 Å². The highest BCUT2D eigenvalue weighted by atomic mass is 16.6. The summed E-state index contributed by atoms with van der Waals surface area (Å²) in [5, 5.41) is 0. The van der Waals surface area contributed by atoms with Gasteiger partial charge in [-0.25, -0.2) is 4.79 Å². The van der Waals surface area contributed by atoms with Crippen molar-refractivity contribution in [2.45, 2.75) is 0 Å². The largest absolute Gasteiger partial charge is 0.486 e. The van der Waals surface area contributed by atoms with Crippen LogP contribution < -0.4 is 25.8 Å². The Morgan fingerprint density at radius 3 is 2.65 bits per heavy atom. The molecule has 0 saturated carbocycles. The van der Waals surface area contributed by atoms with Crippen LogP contribution in [-0.2, 0) is 0 Å². The van der Waals surface area contributed by atoms with Crippen LogP contribution in [0.3, 0.4) is 0 Å². The summed E-state index contributed by atoms with van der Waals surface area (Å²) in [6.07, 6.45) is 0. The van der Waals surface area contributed by atoms with Gasteiger partial charge in [0.25, 0.3) is 0 Å². The predicted octanol–water partition coefficient (Wildman–Crippen LogP) is 0.302. The van der Waals surface area contributed by atoms with E-state index in [0.717, 1.165) is 0 Å². The SMILES string of the molecule is NCCN(C(N)=O)c1ccc2c(c1)OCCO2. The number of carbonyl (C=O) groups excluding carboxylic acids is 1. The minimum Gasteiger partial charge on any atom is -0.486 e. The lowest BCUT2D eigenvalue weighted by Crippen LogP contribution is -2.39. The lowest BCUT2D eigenvalue weighted by Gasteiger charge is -2.23. The molecular weight excluding hydrogens is 222 g/mol. The average Bonchev–Trinajstić information content (AvgIpc) is 2.35. The number of amides is 2. The molecule has 6 nitrogen and oxygen atoms in total. The lowest BCUT2D eigenvalue weighted by atomic mass is 10.2. The molecule has 0 radical (unpaired) electrons. The zero-order chi connectivity index (χ0) is 12.3. The molecule has 0 spiro atoms. The van der Waals surface area contributed by atoms with Crippen LogP contribution >= 0.6 is 0 Å². The van der Waals surface area contributed by atoms with Crippen LogP contribution in [0.15, 0.2) is 18.2 Å². The summed E-state index contributed by atoms with van der Waals surface area (Å²) in [4.78, 5) is 12.7. The second kappa shape index (κ2) is 4.92. The monoisotopic (exact) mass is 237 g/mol. The Morgan fingerprint density at radius 1 is 1.29 bits per heavy atom. The number of urea groups is 1. The minimum absolute atomic E-state index is 0.345. The molecule has 0 saturated heterocycles. The van der Waals surface area contributed by atoms with Crippen LogP contribution in [0.4, 0.5) is 10.5 Å². The first-order valence-electron chi connectivity index (χ1n) is 5.39. The third-order valence-corrected chi connectivity index (χ3v) is 2.46. The minimum atomic E-state index is -0.535. The number of hydrogen-bond acceptors (Lipinski definition) is 4. The summed E-state index contributed by atoms with van der Waals surface area (Å²) < 4.78 is 10.8. The third-order valence-electron chi connectivity index (χ3n) is 2.46. The Labute approximate surface area is 99.1 Å². The molecule has 2 amide bonds. The molecule has 6 heteroatoms. The van der Waals surface area contributed by atoms with Crippen molar-refractivity contribution in [3.8, 4) is 11.5 Å². The number of carbonyl (C=O) groups is 1. The normalized spacial score (nSPS) is 13.2. The third kappa shape index (κ3) is 2.42. The molecule has 0 unspecified atom stereocenters. The van der Waals surface area contributed by atoms with Gasteiger partial charge in [0, 0.05) is 24.8 Å². The topological polar surface area (TPSA) is 90.8 Å². The highest BCUT2D eigenvalue weighted by Gasteiger charge is 2.16. The predicted molar refractivity (Wildman–Crippen MR) is 63.4 cm³/mol. The van der Waals surface area contributed by atoms with Crippen LogP contribution in [0.1, 0.15) is 0 Å². The van der Waals surface area contributed by atoms with Crippen molar-refractivity contribution in [2.75, 3.05) is 31.2 Å². The van der Waals surface area contributed by atoms with Gasteiger partial charge in [0.1, 0.15) is 13.2 Å². The van der Waals surface area contributed by atoms with E-state index < -0.39 is 6.03 Å². The van der Waals surface area contributed by atoms with E-state index in [0.29, 0.717) is 43.5 Å². The first-order valence-corrected chi connectivity index (χ1v) is 5.39. The van der Waals surface area contributed by atoms with E-state index in [9.17, 15) is 4.79 Å². The molecular formula is C11H15N3O3. The molecule has 17 heavy (non-hydrogen) atoms. The highest BCUT2D eigenvalue weighted by molar-refractivity contribution is 5.91. The second-order valence-corrected chi connectivity index (χ2v) is 3.61. The average molecular weight is 237 g/mol. The van der Waals surface area contributed by atoms with Gasteiger partial charge < -0.3 is 20.9 Å². The molecule has 1 aromatic carbocycles. The van der Waals surface area contributed by atoms with E-state index >= 15 is 0 Å². The molecule has 2 rings (SSSR count). The van der Waals surface area contributed by atoms with Crippen LogP contribution in [0.25, 0.3) is 0 Å². The molecule has 92 valence electrons. The van der Waals surface area contributed by atoms with E-state index in [1.54, 1.807) is 18.2 Å². The van der Waals surface area contributed by atoms with E-state index in [1.807, 2.05) is 0 Å². The highest BCUT2D eigenvalue weighted by Crippen LogP contribution is 2.33. The molecule has 1 heterocycles. The van der Waals surface area contributed by atoms with Crippen molar-refractivity contribution in [2.24, 2.45) is 11.5 Å². The summed E-state index contributed by atoms with van der Waals surface area (Å²) >= 11 is 0. The number of anilines is 1. The molecule has 0 atom stereocenters. The van der Waals surface area contributed by atoms with E-state index in [2.05, 4.69) is 0 Å². The first kappa shape index (κ1) is 11.5.